The molecule has 0 radical (unpaired) electrons. The predicted molar refractivity (Wildman–Crippen MR) is 111 cm³/mol. The van der Waals surface area contributed by atoms with Crippen molar-refractivity contribution in [3.63, 3.8) is 0 Å². The highest BCUT2D eigenvalue weighted by Crippen LogP contribution is 2.43. The van der Waals surface area contributed by atoms with Crippen molar-refractivity contribution in [3.8, 4) is 0 Å². The van der Waals surface area contributed by atoms with Crippen LogP contribution in [0.4, 0.5) is 13.2 Å². The lowest BCUT2D eigenvalue weighted by Gasteiger charge is -2.35. The maximum atomic E-state index is 13.0. The Morgan fingerprint density at radius 1 is 1.10 bits per heavy atom. The molecule has 0 unspecified atom stereocenters. The van der Waals surface area contributed by atoms with Crippen LogP contribution in [0.2, 0.25) is 0 Å². The van der Waals surface area contributed by atoms with Crippen molar-refractivity contribution >= 4 is 15.7 Å². The molecule has 2 aromatic rings. The summed E-state index contributed by atoms with van der Waals surface area (Å²) in [6.07, 6.45) is -0.950. The number of sulfonamides is 1. The van der Waals surface area contributed by atoms with Gasteiger partial charge in [0.2, 0.25) is 10.0 Å². The second-order valence-electron chi connectivity index (χ2n) is 9.25. The van der Waals surface area contributed by atoms with Crippen LogP contribution in [0.3, 0.4) is 0 Å². The van der Waals surface area contributed by atoms with Gasteiger partial charge in [-0.3, -0.25) is 0 Å². The lowest BCUT2D eigenvalue weighted by atomic mass is 9.80. The van der Waals surface area contributed by atoms with Crippen LogP contribution in [-0.2, 0) is 10.0 Å². The summed E-state index contributed by atoms with van der Waals surface area (Å²) in [6.45, 7) is 4.92. The van der Waals surface area contributed by atoms with E-state index in [1.165, 1.54) is 10.6 Å². The molecule has 2 aromatic heterocycles. The Balaban J connectivity index is 1.64. The van der Waals surface area contributed by atoms with Crippen LogP contribution in [0.5, 0.6) is 0 Å². The van der Waals surface area contributed by atoms with Gasteiger partial charge < -0.3 is 0 Å². The summed E-state index contributed by atoms with van der Waals surface area (Å²) in [5.74, 6) is -0.981. The predicted octanol–water partition coefficient (Wildman–Crippen LogP) is 4.26. The molecule has 1 saturated carbocycles. The molecular weight excluding hydrogens is 429 g/mol. The first-order valence-electron chi connectivity index (χ1n) is 10.8. The van der Waals surface area contributed by atoms with E-state index in [-0.39, 0.29) is 30.6 Å². The van der Waals surface area contributed by atoms with Crippen molar-refractivity contribution in [2.45, 2.75) is 64.0 Å². The zero-order chi connectivity index (χ0) is 22.6. The fourth-order valence-corrected chi connectivity index (χ4v) is 5.92. The number of aryl methyl sites for hydroxylation is 1. The number of fused-ring (bicyclic) bond motifs is 1. The van der Waals surface area contributed by atoms with E-state index in [2.05, 4.69) is 11.9 Å². The summed E-state index contributed by atoms with van der Waals surface area (Å²) in [5, 5.41) is 4.77. The van der Waals surface area contributed by atoms with Crippen LogP contribution in [0.25, 0.3) is 5.65 Å². The monoisotopic (exact) mass is 458 g/mol. The first kappa shape index (κ1) is 22.5. The molecule has 2 atom stereocenters. The average Bonchev–Trinajstić information content (AvgIpc) is 3.10. The van der Waals surface area contributed by atoms with Gasteiger partial charge in [-0.05, 0) is 51.0 Å². The van der Waals surface area contributed by atoms with E-state index < -0.39 is 22.1 Å². The number of hydrogen-bond acceptors (Lipinski definition) is 4. The number of aromatic nitrogens is 3. The number of alkyl halides is 3. The van der Waals surface area contributed by atoms with Crippen molar-refractivity contribution < 1.29 is 21.6 Å². The van der Waals surface area contributed by atoms with E-state index in [0.29, 0.717) is 31.6 Å². The lowest BCUT2D eigenvalue weighted by Crippen LogP contribution is -2.42. The van der Waals surface area contributed by atoms with E-state index in [1.54, 1.807) is 4.52 Å². The summed E-state index contributed by atoms with van der Waals surface area (Å²) < 4.78 is 66.6. The molecule has 0 N–H and O–H groups in total. The van der Waals surface area contributed by atoms with E-state index in [9.17, 15) is 21.6 Å². The minimum absolute atomic E-state index is 0.00949. The Morgan fingerprint density at radius 2 is 1.77 bits per heavy atom. The second kappa shape index (κ2) is 8.03. The van der Waals surface area contributed by atoms with E-state index >= 15 is 0 Å². The van der Waals surface area contributed by atoms with Gasteiger partial charge in [-0.2, -0.15) is 18.3 Å². The van der Waals surface area contributed by atoms with Gasteiger partial charge in [0.05, 0.1) is 23.6 Å². The molecule has 172 valence electrons. The quantitative estimate of drug-likeness (QED) is 0.689. The van der Waals surface area contributed by atoms with Crippen LogP contribution in [0, 0.1) is 18.8 Å². The van der Waals surface area contributed by atoms with Crippen LogP contribution in [-0.4, -0.2) is 52.8 Å². The van der Waals surface area contributed by atoms with Crippen LogP contribution < -0.4 is 0 Å². The van der Waals surface area contributed by atoms with Crippen molar-refractivity contribution in [1.82, 2.24) is 18.9 Å². The first-order valence-corrected chi connectivity index (χ1v) is 12.7. The Labute approximate surface area is 180 Å². The second-order valence-corrected chi connectivity index (χ2v) is 11.2. The molecule has 0 amide bonds. The maximum absolute atomic E-state index is 13.0. The molecule has 3 heterocycles. The zero-order valence-corrected chi connectivity index (χ0v) is 18.9. The molecule has 1 saturated heterocycles. The zero-order valence-electron chi connectivity index (χ0n) is 18.1. The molecule has 6 nitrogen and oxygen atoms in total. The largest absolute Gasteiger partial charge is 0.391 e. The van der Waals surface area contributed by atoms with E-state index in [0.717, 1.165) is 23.5 Å². The van der Waals surface area contributed by atoms with Gasteiger partial charge in [-0.25, -0.2) is 22.2 Å². The third-order valence-corrected chi connectivity index (χ3v) is 8.25. The van der Waals surface area contributed by atoms with E-state index in [4.69, 9.17) is 5.10 Å². The van der Waals surface area contributed by atoms with Gasteiger partial charge in [0.25, 0.3) is 0 Å². The van der Waals surface area contributed by atoms with Crippen molar-refractivity contribution in [3.05, 3.63) is 29.2 Å². The fraction of sp³-hybridized carbons (Fsp3) is 0.714. The van der Waals surface area contributed by atoms with Gasteiger partial charge >= 0.3 is 6.18 Å². The average molecular weight is 459 g/mol. The molecule has 0 aromatic carbocycles. The smallest absolute Gasteiger partial charge is 0.234 e. The summed E-state index contributed by atoms with van der Waals surface area (Å²) in [5.41, 5.74) is 3.19. The number of piperidine rings is 1. The van der Waals surface area contributed by atoms with Gasteiger partial charge in [-0.15, -0.1) is 0 Å². The topological polar surface area (TPSA) is 67.6 Å². The SMILES string of the molecule is Cc1cc([C@H]2CN(S(C)(=O)=O)CC[C@H]2C)n2nc(C3CCC(C(F)(F)F)CC3)cc2n1. The Kier molecular flexibility index (Phi) is 5.83. The van der Waals surface area contributed by atoms with Crippen molar-refractivity contribution in [2.75, 3.05) is 19.3 Å². The van der Waals surface area contributed by atoms with Crippen molar-refractivity contribution in [2.24, 2.45) is 11.8 Å². The van der Waals surface area contributed by atoms with Crippen LogP contribution >= 0.6 is 0 Å². The van der Waals surface area contributed by atoms with Crippen molar-refractivity contribution in [1.29, 1.82) is 0 Å². The molecule has 1 aliphatic carbocycles. The van der Waals surface area contributed by atoms with Gasteiger partial charge in [0.15, 0.2) is 5.65 Å². The minimum atomic E-state index is -4.13. The molecule has 31 heavy (non-hydrogen) atoms. The Bertz CT molecular complexity index is 1060. The molecule has 0 bridgehead atoms. The lowest BCUT2D eigenvalue weighted by molar-refractivity contribution is -0.182. The van der Waals surface area contributed by atoms with Crippen LogP contribution in [0.15, 0.2) is 12.1 Å². The fourth-order valence-electron chi connectivity index (χ4n) is 5.05. The Hall–Kier alpha value is -1.68. The third kappa shape index (κ3) is 4.60. The highest BCUT2D eigenvalue weighted by atomic mass is 32.2. The highest BCUT2D eigenvalue weighted by molar-refractivity contribution is 7.88. The Morgan fingerprint density at radius 3 is 2.39 bits per heavy atom. The minimum Gasteiger partial charge on any atom is -0.234 e. The summed E-state index contributed by atoms with van der Waals surface area (Å²) in [4.78, 5) is 4.58. The maximum Gasteiger partial charge on any atom is 0.391 e. The molecule has 1 aliphatic heterocycles. The van der Waals surface area contributed by atoms with E-state index in [1.807, 2.05) is 19.1 Å². The first-order chi connectivity index (χ1) is 14.4. The summed E-state index contributed by atoms with van der Waals surface area (Å²) in [6, 6.07) is 3.84. The standard InChI is InChI=1S/C21H29F3N4O2S/c1-13-8-9-27(31(3,29)30)12-17(13)19-10-14(2)25-20-11-18(26-28(19)20)15-4-6-16(7-5-15)21(22,23)24/h10-11,13,15-17H,4-9,12H2,1-3H3/t13-,15?,16?,17+/m1/s1. The van der Waals surface area contributed by atoms with Crippen LogP contribution in [0.1, 0.15) is 67.9 Å². The van der Waals surface area contributed by atoms with Gasteiger partial charge in [0.1, 0.15) is 0 Å². The molecule has 2 fully saturated rings. The summed E-state index contributed by atoms with van der Waals surface area (Å²) >= 11 is 0. The van der Waals surface area contributed by atoms with Gasteiger partial charge in [-0.1, -0.05) is 6.92 Å². The number of rotatable bonds is 3. The molecule has 2 aliphatic rings. The molecule has 0 spiro atoms. The normalized spacial score (nSPS) is 28.8. The highest BCUT2D eigenvalue weighted by Gasteiger charge is 2.42. The number of halogens is 3. The third-order valence-electron chi connectivity index (χ3n) is 6.98. The summed E-state index contributed by atoms with van der Waals surface area (Å²) in [7, 11) is -3.29. The number of hydrogen-bond donors (Lipinski definition) is 0. The number of nitrogens with zero attached hydrogens (tertiary/aromatic N) is 4. The molecule has 10 heteroatoms. The molecule has 4 rings (SSSR count). The molecular formula is C21H29F3N4O2S. The van der Waals surface area contributed by atoms with Gasteiger partial charge in [0, 0.05) is 36.7 Å².